The number of hydrogen-bond donors (Lipinski definition) is 2. The molecule has 39 heavy (non-hydrogen) atoms. The normalized spacial score (nSPS) is 13.7. The summed E-state index contributed by atoms with van der Waals surface area (Å²) >= 11 is 0. The minimum atomic E-state index is -0.382. The van der Waals surface area contributed by atoms with Crippen molar-refractivity contribution in [1.29, 1.82) is 0 Å². The number of carbonyl (C=O) groups is 2. The van der Waals surface area contributed by atoms with E-state index in [9.17, 15) is 14.0 Å². The maximum absolute atomic E-state index is 14.4. The number of halogens is 1. The Kier molecular flexibility index (Phi) is 7.10. The number of ether oxygens (including phenoxy) is 3. The highest BCUT2D eigenvalue weighted by atomic mass is 19.1. The van der Waals surface area contributed by atoms with Crippen LogP contribution in [0.4, 0.5) is 4.39 Å². The van der Waals surface area contributed by atoms with E-state index in [1.54, 1.807) is 42.6 Å². The average Bonchev–Trinajstić information content (AvgIpc) is 3.51. The molecule has 2 aromatic heterocycles. The molecule has 0 saturated carbocycles. The van der Waals surface area contributed by atoms with E-state index in [4.69, 9.17) is 19.3 Å². The number of aromatic nitrogens is 2. The molecule has 1 aliphatic heterocycles. The molecule has 202 valence electrons. The molecule has 0 radical (unpaired) electrons. The predicted molar refractivity (Wildman–Crippen MR) is 143 cm³/mol. The second-order valence-electron chi connectivity index (χ2n) is 10.1. The lowest BCUT2D eigenvalue weighted by molar-refractivity contribution is 0.0914. The molecular weight excluding hydrogens is 503 g/mol. The van der Waals surface area contributed by atoms with Crippen LogP contribution < -0.4 is 14.2 Å². The Bertz CT molecular complexity index is 1580. The number of rotatable bonds is 10. The molecule has 0 unspecified atom stereocenters. The van der Waals surface area contributed by atoms with E-state index in [1.807, 2.05) is 13.8 Å². The van der Waals surface area contributed by atoms with E-state index in [1.165, 1.54) is 13.2 Å². The van der Waals surface area contributed by atoms with Gasteiger partial charge in [0.2, 0.25) is 0 Å². The Balaban J connectivity index is 1.42. The van der Waals surface area contributed by atoms with Crippen molar-refractivity contribution >= 4 is 22.5 Å². The SMILES string of the molecule is COc1cc(C(=O)CCC(=O)c2cc3c(c(-c4c[nH]c5c(F)cccc45)n2)OCC3(C)C)ccc1OCCO. The van der Waals surface area contributed by atoms with E-state index in [-0.39, 0.29) is 54.5 Å². The second-order valence-corrected chi connectivity index (χ2v) is 10.1. The zero-order valence-electron chi connectivity index (χ0n) is 22.0. The summed E-state index contributed by atoms with van der Waals surface area (Å²) in [4.78, 5) is 33.9. The van der Waals surface area contributed by atoms with Crippen molar-refractivity contribution in [2.45, 2.75) is 32.1 Å². The molecule has 5 rings (SSSR count). The lowest BCUT2D eigenvalue weighted by atomic mass is 9.85. The Morgan fingerprint density at radius 1 is 1.13 bits per heavy atom. The minimum Gasteiger partial charge on any atom is -0.493 e. The van der Waals surface area contributed by atoms with Crippen molar-refractivity contribution in [2.75, 3.05) is 26.9 Å². The maximum Gasteiger partial charge on any atom is 0.181 e. The molecule has 0 spiro atoms. The number of ketones is 2. The molecule has 0 bridgehead atoms. The van der Waals surface area contributed by atoms with Crippen molar-refractivity contribution < 1.29 is 33.3 Å². The maximum atomic E-state index is 14.4. The summed E-state index contributed by atoms with van der Waals surface area (Å²) in [5.41, 5.74) is 2.56. The molecule has 9 heteroatoms. The number of Topliss-reactive ketones (excluding diaryl/α,β-unsaturated/α-hetero) is 2. The van der Waals surface area contributed by atoms with E-state index in [0.717, 1.165) is 5.56 Å². The fourth-order valence-corrected chi connectivity index (χ4v) is 4.77. The first-order valence-corrected chi connectivity index (χ1v) is 12.7. The van der Waals surface area contributed by atoms with E-state index >= 15 is 0 Å². The average molecular weight is 533 g/mol. The number of aliphatic hydroxyl groups excluding tert-OH is 1. The third-order valence-corrected chi connectivity index (χ3v) is 6.90. The van der Waals surface area contributed by atoms with Crippen LogP contribution in [-0.4, -0.2) is 53.6 Å². The lowest BCUT2D eigenvalue weighted by Crippen LogP contribution is -2.19. The number of nitrogens with zero attached hydrogens (tertiary/aromatic N) is 1. The summed E-state index contributed by atoms with van der Waals surface area (Å²) in [7, 11) is 1.46. The Morgan fingerprint density at radius 2 is 1.92 bits per heavy atom. The van der Waals surface area contributed by atoms with Gasteiger partial charge in [-0.15, -0.1) is 0 Å². The summed E-state index contributed by atoms with van der Waals surface area (Å²) < 4.78 is 31.1. The van der Waals surface area contributed by atoms with Crippen molar-refractivity contribution in [3.8, 4) is 28.5 Å². The molecule has 1 aliphatic rings. The monoisotopic (exact) mass is 532 g/mol. The van der Waals surface area contributed by atoms with Gasteiger partial charge in [0.15, 0.2) is 23.1 Å². The number of carbonyl (C=O) groups excluding carboxylic acids is 2. The van der Waals surface area contributed by atoms with Crippen molar-refractivity contribution in [3.63, 3.8) is 0 Å². The zero-order valence-corrected chi connectivity index (χ0v) is 22.0. The van der Waals surface area contributed by atoms with E-state index in [2.05, 4.69) is 9.97 Å². The van der Waals surface area contributed by atoms with Gasteiger partial charge < -0.3 is 24.3 Å². The van der Waals surface area contributed by atoms with Crippen LogP contribution >= 0.6 is 0 Å². The number of nitrogens with one attached hydrogen (secondary N) is 1. The summed E-state index contributed by atoms with van der Waals surface area (Å²) in [6.45, 7) is 4.42. The lowest BCUT2D eigenvalue weighted by Gasteiger charge is -2.16. The van der Waals surface area contributed by atoms with E-state index in [0.29, 0.717) is 51.6 Å². The molecule has 0 fully saturated rings. The molecule has 0 saturated heterocycles. The third kappa shape index (κ3) is 4.97. The third-order valence-electron chi connectivity index (χ3n) is 6.90. The molecule has 8 nitrogen and oxygen atoms in total. The van der Waals surface area contributed by atoms with Gasteiger partial charge in [-0.2, -0.15) is 0 Å². The quantitative estimate of drug-likeness (QED) is 0.268. The molecular formula is C30H29FN2O6. The first-order valence-electron chi connectivity index (χ1n) is 12.7. The minimum absolute atomic E-state index is 0.0227. The topological polar surface area (TPSA) is 111 Å². The van der Waals surface area contributed by atoms with Crippen LogP contribution in [0.25, 0.3) is 22.2 Å². The Hall–Kier alpha value is -4.24. The zero-order chi connectivity index (χ0) is 27.7. The summed E-state index contributed by atoms with van der Waals surface area (Å²) in [5.74, 6) is 0.461. The summed E-state index contributed by atoms with van der Waals surface area (Å²) in [5, 5.41) is 9.62. The van der Waals surface area contributed by atoms with Crippen LogP contribution in [0.15, 0.2) is 48.7 Å². The van der Waals surface area contributed by atoms with Crippen molar-refractivity contribution in [2.24, 2.45) is 0 Å². The molecule has 0 aliphatic carbocycles. The number of pyridine rings is 1. The van der Waals surface area contributed by atoms with Crippen LogP contribution in [0.5, 0.6) is 17.2 Å². The number of aliphatic hydroxyl groups is 1. The van der Waals surface area contributed by atoms with Gasteiger partial charge in [-0.05, 0) is 30.3 Å². The van der Waals surface area contributed by atoms with Gasteiger partial charge in [-0.3, -0.25) is 9.59 Å². The van der Waals surface area contributed by atoms with Crippen LogP contribution in [0.1, 0.15) is 53.1 Å². The number of para-hydroxylation sites is 1. The molecule has 3 heterocycles. The van der Waals surface area contributed by atoms with Crippen LogP contribution in [-0.2, 0) is 5.41 Å². The van der Waals surface area contributed by atoms with E-state index < -0.39 is 0 Å². The number of methoxy groups -OCH3 is 1. The molecule has 2 N–H and O–H groups in total. The highest BCUT2D eigenvalue weighted by molar-refractivity contribution is 6.03. The highest BCUT2D eigenvalue weighted by Gasteiger charge is 2.36. The predicted octanol–water partition coefficient (Wildman–Crippen LogP) is 5.26. The van der Waals surface area contributed by atoms with Gasteiger partial charge in [-0.1, -0.05) is 26.0 Å². The highest BCUT2D eigenvalue weighted by Crippen LogP contribution is 2.45. The smallest absolute Gasteiger partial charge is 0.181 e. The van der Waals surface area contributed by atoms with Gasteiger partial charge in [0, 0.05) is 46.5 Å². The number of benzene rings is 2. The fourth-order valence-electron chi connectivity index (χ4n) is 4.77. The van der Waals surface area contributed by atoms with Gasteiger partial charge in [0.05, 0.1) is 25.8 Å². The number of aromatic amines is 1. The van der Waals surface area contributed by atoms with Crippen LogP contribution in [0, 0.1) is 5.82 Å². The second kappa shape index (κ2) is 10.5. The Morgan fingerprint density at radius 3 is 2.69 bits per heavy atom. The van der Waals surface area contributed by atoms with Crippen molar-refractivity contribution in [1.82, 2.24) is 9.97 Å². The summed E-state index contributed by atoms with van der Waals surface area (Å²) in [6, 6.07) is 11.3. The summed E-state index contributed by atoms with van der Waals surface area (Å²) in [6.07, 6.45) is 1.61. The van der Waals surface area contributed by atoms with Crippen molar-refractivity contribution in [3.05, 3.63) is 71.3 Å². The van der Waals surface area contributed by atoms with Gasteiger partial charge in [0.25, 0.3) is 0 Å². The van der Waals surface area contributed by atoms with Crippen LogP contribution in [0.2, 0.25) is 0 Å². The largest absolute Gasteiger partial charge is 0.493 e. The first kappa shape index (κ1) is 26.4. The Labute approximate surface area is 224 Å². The fraction of sp³-hybridized carbons (Fsp3) is 0.300. The number of fused-ring (bicyclic) bond motifs is 2. The molecule has 0 amide bonds. The molecule has 2 aromatic carbocycles. The van der Waals surface area contributed by atoms with Crippen LogP contribution in [0.3, 0.4) is 0 Å². The number of H-pyrrole nitrogens is 1. The van der Waals surface area contributed by atoms with Gasteiger partial charge >= 0.3 is 0 Å². The standard InChI is InChI=1S/C30H29FN2O6/c1-30(2)16-39-29-20(30)14-22(33-28(29)19-15-32-27-18(19)5-4-6-21(27)31)24(36)9-8-23(35)17-7-10-25(38-12-11-34)26(13-17)37-3/h4-7,10,13-15,32,34H,8-9,11-12,16H2,1-3H3. The van der Waals surface area contributed by atoms with Gasteiger partial charge in [-0.25, -0.2) is 9.37 Å². The number of hydrogen-bond acceptors (Lipinski definition) is 7. The van der Waals surface area contributed by atoms with Gasteiger partial charge in [0.1, 0.15) is 29.6 Å². The molecule has 4 aromatic rings. The first-order chi connectivity index (χ1) is 18.7. The molecule has 0 atom stereocenters.